The van der Waals surface area contributed by atoms with Crippen LogP contribution >= 0.6 is 11.6 Å². The Morgan fingerprint density at radius 2 is 1.59 bits per heavy atom. The molecule has 1 aromatic heterocycles. The summed E-state index contributed by atoms with van der Waals surface area (Å²) in [6.45, 7) is 4.58. The van der Waals surface area contributed by atoms with Crippen molar-refractivity contribution < 1.29 is 9.90 Å². The minimum atomic E-state index is -0.724. The van der Waals surface area contributed by atoms with Gasteiger partial charge in [-0.1, -0.05) is 17.7 Å². The molecule has 0 spiro atoms. The smallest absolute Gasteiger partial charge is 0.306 e. The Bertz CT molecular complexity index is 879. The number of anilines is 4. The number of hydrogen-bond acceptors (Lipinski definition) is 7. The van der Waals surface area contributed by atoms with Gasteiger partial charge in [-0.05, 0) is 31.0 Å². The van der Waals surface area contributed by atoms with E-state index in [0.717, 1.165) is 42.7 Å². The fraction of sp³-hybridized carbons (Fsp3) is 0.450. The van der Waals surface area contributed by atoms with Crippen molar-refractivity contribution in [3.05, 3.63) is 35.6 Å². The van der Waals surface area contributed by atoms with E-state index in [1.54, 1.807) is 6.33 Å². The number of halogens is 1. The van der Waals surface area contributed by atoms with Crippen molar-refractivity contribution in [3.63, 3.8) is 0 Å². The summed E-state index contributed by atoms with van der Waals surface area (Å²) in [6.07, 6.45) is 2.76. The summed E-state index contributed by atoms with van der Waals surface area (Å²) in [5.41, 5.74) is 8.14. The monoisotopic (exact) mass is 416 g/mol. The molecule has 2 aliphatic rings. The zero-order valence-electron chi connectivity index (χ0n) is 16.2. The summed E-state index contributed by atoms with van der Waals surface area (Å²) >= 11 is 6.12. The van der Waals surface area contributed by atoms with Gasteiger partial charge in [0.15, 0.2) is 11.6 Å². The van der Waals surface area contributed by atoms with Crippen LogP contribution in [0.3, 0.4) is 0 Å². The Labute approximate surface area is 174 Å². The summed E-state index contributed by atoms with van der Waals surface area (Å²) in [5.74, 6) is 0.448. The van der Waals surface area contributed by atoms with Crippen molar-refractivity contribution in [1.29, 1.82) is 0 Å². The molecule has 8 nitrogen and oxygen atoms in total. The van der Waals surface area contributed by atoms with Crippen LogP contribution in [0.15, 0.2) is 30.6 Å². The molecule has 0 aliphatic carbocycles. The molecule has 3 N–H and O–H groups in total. The van der Waals surface area contributed by atoms with Crippen molar-refractivity contribution >= 4 is 40.6 Å². The van der Waals surface area contributed by atoms with Crippen molar-refractivity contribution in [3.8, 4) is 0 Å². The molecule has 2 fully saturated rings. The highest BCUT2D eigenvalue weighted by Crippen LogP contribution is 2.32. The number of nitrogens with zero attached hydrogens (tertiary/aromatic N) is 5. The third-order valence-corrected chi connectivity index (χ3v) is 5.97. The highest BCUT2D eigenvalue weighted by molar-refractivity contribution is 6.30. The molecule has 2 saturated heterocycles. The summed E-state index contributed by atoms with van der Waals surface area (Å²) in [6, 6.07) is 7.89. The van der Waals surface area contributed by atoms with Gasteiger partial charge in [0.05, 0.1) is 5.92 Å². The van der Waals surface area contributed by atoms with E-state index in [4.69, 9.17) is 17.3 Å². The Kier molecular flexibility index (Phi) is 5.62. The maximum Gasteiger partial charge on any atom is 0.306 e. The summed E-state index contributed by atoms with van der Waals surface area (Å²) < 4.78 is 0. The number of carboxylic acid groups (broad SMARTS) is 1. The van der Waals surface area contributed by atoms with Crippen LogP contribution in [0.5, 0.6) is 0 Å². The average molecular weight is 417 g/mol. The first-order valence-corrected chi connectivity index (χ1v) is 10.2. The topological polar surface area (TPSA) is 98.8 Å². The zero-order chi connectivity index (χ0) is 20.4. The number of piperazine rings is 1. The van der Waals surface area contributed by atoms with Crippen LogP contribution in [-0.4, -0.2) is 60.3 Å². The van der Waals surface area contributed by atoms with E-state index in [0.29, 0.717) is 37.4 Å². The second kappa shape index (κ2) is 8.32. The third kappa shape index (κ3) is 4.17. The molecular formula is C20H25ClN6O2. The van der Waals surface area contributed by atoms with Gasteiger partial charge in [0.25, 0.3) is 0 Å². The Morgan fingerprint density at radius 3 is 2.17 bits per heavy atom. The van der Waals surface area contributed by atoms with Crippen molar-refractivity contribution in [1.82, 2.24) is 9.97 Å². The molecule has 2 aromatic rings. The normalized spacial score (nSPS) is 18.2. The largest absolute Gasteiger partial charge is 0.481 e. The van der Waals surface area contributed by atoms with Gasteiger partial charge >= 0.3 is 5.97 Å². The first-order valence-electron chi connectivity index (χ1n) is 9.86. The lowest BCUT2D eigenvalue weighted by atomic mass is 9.97. The van der Waals surface area contributed by atoms with Gasteiger partial charge in [-0.3, -0.25) is 4.79 Å². The maximum atomic E-state index is 11.2. The molecule has 3 heterocycles. The molecule has 9 heteroatoms. The SMILES string of the molecule is Nc1c(N2CCC(C(=O)O)CC2)ncnc1N1CCN(c2cccc(Cl)c2)CC1. The fourth-order valence-corrected chi connectivity index (χ4v) is 4.25. The first kappa shape index (κ1) is 19.6. The van der Waals surface area contributed by atoms with Crippen LogP contribution in [0.25, 0.3) is 0 Å². The number of rotatable bonds is 4. The highest BCUT2D eigenvalue weighted by atomic mass is 35.5. The standard InChI is InChI=1S/C20H25ClN6O2/c21-15-2-1-3-16(12-15)25-8-10-27(11-9-25)19-17(22)18(23-13-24-19)26-6-4-14(5-7-26)20(28)29/h1-3,12-14H,4-11,22H2,(H,28,29). The summed E-state index contributed by atoms with van der Waals surface area (Å²) in [4.78, 5) is 26.6. The molecule has 1 aromatic carbocycles. The molecule has 0 radical (unpaired) electrons. The Hall–Kier alpha value is -2.74. The number of nitrogens with two attached hydrogens (primary N) is 1. The van der Waals surface area contributed by atoms with Gasteiger partial charge in [-0.25, -0.2) is 9.97 Å². The minimum absolute atomic E-state index is 0.284. The molecule has 0 saturated carbocycles. The van der Waals surface area contributed by atoms with Crippen molar-refractivity contribution in [2.75, 3.05) is 59.7 Å². The van der Waals surface area contributed by atoms with Crippen LogP contribution in [0.1, 0.15) is 12.8 Å². The van der Waals surface area contributed by atoms with Crippen LogP contribution in [-0.2, 0) is 4.79 Å². The average Bonchev–Trinajstić information content (AvgIpc) is 2.74. The summed E-state index contributed by atoms with van der Waals surface area (Å²) in [7, 11) is 0. The molecule has 29 heavy (non-hydrogen) atoms. The fourth-order valence-electron chi connectivity index (χ4n) is 4.07. The number of nitrogen functional groups attached to an aromatic ring is 1. The van der Waals surface area contributed by atoms with Gasteiger partial charge in [-0.2, -0.15) is 0 Å². The van der Waals surface area contributed by atoms with Crippen molar-refractivity contribution in [2.45, 2.75) is 12.8 Å². The first-order chi connectivity index (χ1) is 14.0. The van der Waals surface area contributed by atoms with Crippen molar-refractivity contribution in [2.24, 2.45) is 5.92 Å². The van der Waals surface area contributed by atoms with Gasteiger partial charge in [0.1, 0.15) is 12.0 Å². The number of piperidine rings is 1. The number of aromatic nitrogens is 2. The lowest BCUT2D eigenvalue weighted by Gasteiger charge is -2.38. The number of carbonyl (C=O) groups is 1. The van der Waals surface area contributed by atoms with Crippen LogP contribution in [0, 0.1) is 5.92 Å². The van der Waals surface area contributed by atoms with E-state index in [9.17, 15) is 9.90 Å². The summed E-state index contributed by atoms with van der Waals surface area (Å²) in [5, 5.41) is 9.93. The van der Waals surface area contributed by atoms with E-state index in [-0.39, 0.29) is 5.92 Å². The lowest BCUT2D eigenvalue weighted by molar-refractivity contribution is -0.142. The van der Waals surface area contributed by atoms with E-state index in [1.165, 1.54) is 0 Å². The second-order valence-electron chi connectivity index (χ2n) is 7.49. The van der Waals surface area contributed by atoms with Crippen LogP contribution < -0.4 is 20.4 Å². The second-order valence-corrected chi connectivity index (χ2v) is 7.92. The van der Waals surface area contributed by atoms with Gasteiger partial charge in [-0.15, -0.1) is 0 Å². The lowest BCUT2D eigenvalue weighted by Crippen LogP contribution is -2.47. The van der Waals surface area contributed by atoms with Crippen LogP contribution in [0.4, 0.5) is 23.0 Å². The molecule has 154 valence electrons. The molecule has 0 atom stereocenters. The predicted octanol–water partition coefficient (Wildman–Crippen LogP) is 2.34. The quantitative estimate of drug-likeness (QED) is 0.783. The number of hydrogen-bond donors (Lipinski definition) is 2. The van der Waals surface area contributed by atoms with Gasteiger partial charge in [0, 0.05) is 50.0 Å². The number of carboxylic acids is 1. The molecule has 0 bridgehead atoms. The number of aliphatic carboxylic acids is 1. The van der Waals surface area contributed by atoms with E-state index < -0.39 is 5.97 Å². The third-order valence-electron chi connectivity index (χ3n) is 5.74. The van der Waals surface area contributed by atoms with Gasteiger partial charge < -0.3 is 25.5 Å². The molecule has 0 amide bonds. The predicted molar refractivity (Wildman–Crippen MR) is 115 cm³/mol. The van der Waals surface area contributed by atoms with Gasteiger partial charge in [0.2, 0.25) is 0 Å². The number of benzene rings is 1. The molecule has 4 rings (SSSR count). The minimum Gasteiger partial charge on any atom is -0.481 e. The zero-order valence-corrected chi connectivity index (χ0v) is 16.9. The Balaban J connectivity index is 1.44. The van der Waals surface area contributed by atoms with E-state index >= 15 is 0 Å². The molecular weight excluding hydrogens is 392 g/mol. The van der Waals surface area contributed by atoms with E-state index in [1.807, 2.05) is 18.2 Å². The van der Waals surface area contributed by atoms with E-state index in [2.05, 4.69) is 30.7 Å². The highest BCUT2D eigenvalue weighted by Gasteiger charge is 2.28. The Morgan fingerprint density at radius 1 is 1.00 bits per heavy atom. The molecule has 0 unspecified atom stereocenters. The van der Waals surface area contributed by atoms with Crippen LogP contribution in [0.2, 0.25) is 5.02 Å². The molecule has 2 aliphatic heterocycles. The maximum absolute atomic E-state index is 11.2.